The number of aliphatic hydroxyl groups is 1. The third kappa shape index (κ3) is 11.1. The van der Waals surface area contributed by atoms with E-state index in [9.17, 15) is 4.79 Å². The van der Waals surface area contributed by atoms with Crippen LogP contribution in [0.2, 0.25) is 0 Å². The van der Waals surface area contributed by atoms with Gasteiger partial charge in [-0.2, -0.15) is 0 Å². The summed E-state index contributed by atoms with van der Waals surface area (Å²) in [6, 6.07) is 0. The van der Waals surface area contributed by atoms with Gasteiger partial charge in [0.1, 0.15) is 0 Å². The van der Waals surface area contributed by atoms with Crippen molar-refractivity contribution in [1.29, 1.82) is 0 Å². The highest BCUT2D eigenvalue weighted by Crippen LogP contribution is 1.96. The molecule has 15 heavy (non-hydrogen) atoms. The maximum Gasteiger partial charge on any atom is 0.508 e. The molecule has 0 saturated heterocycles. The summed E-state index contributed by atoms with van der Waals surface area (Å²) in [7, 11) is 0. The van der Waals surface area contributed by atoms with E-state index in [1.165, 1.54) is 0 Å². The van der Waals surface area contributed by atoms with Crippen LogP contribution in [0.15, 0.2) is 0 Å². The van der Waals surface area contributed by atoms with Crippen molar-refractivity contribution in [3.63, 3.8) is 0 Å². The summed E-state index contributed by atoms with van der Waals surface area (Å²) in [6.45, 7) is 4.21. The van der Waals surface area contributed by atoms with E-state index in [1.807, 2.05) is 0 Å². The largest absolute Gasteiger partial charge is 0.508 e. The Hall–Kier alpha value is -0.810. The van der Waals surface area contributed by atoms with Crippen LogP contribution in [0, 0.1) is 0 Å². The Balaban J connectivity index is 3.01. The number of nitrogens with one attached hydrogen (secondary N) is 1. The third-order valence-electron chi connectivity index (χ3n) is 1.77. The van der Waals surface area contributed by atoms with Crippen LogP contribution in [0.5, 0.6) is 0 Å². The standard InChI is InChI=1S/C10H21NO4/c1-2-14-10(13)15-9-5-3-4-6-11-7-8-12/h11-12H,2-9H2,1H3. The minimum Gasteiger partial charge on any atom is -0.435 e. The lowest BCUT2D eigenvalue weighted by Gasteiger charge is -2.04. The number of rotatable bonds is 9. The Morgan fingerprint density at radius 2 is 2.00 bits per heavy atom. The Labute approximate surface area is 90.8 Å². The SMILES string of the molecule is CCOC(=O)OCCCCCNCCO. The molecule has 5 heteroatoms. The van der Waals surface area contributed by atoms with Gasteiger partial charge in [-0.3, -0.25) is 0 Å². The molecule has 0 aromatic carbocycles. The lowest BCUT2D eigenvalue weighted by atomic mass is 10.2. The lowest BCUT2D eigenvalue weighted by molar-refractivity contribution is 0.0579. The first-order valence-corrected chi connectivity index (χ1v) is 5.42. The van der Waals surface area contributed by atoms with E-state index in [1.54, 1.807) is 6.92 Å². The van der Waals surface area contributed by atoms with E-state index in [0.29, 0.717) is 19.8 Å². The van der Waals surface area contributed by atoms with Gasteiger partial charge in [-0.15, -0.1) is 0 Å². The average molecular weight is 219 g/mol. The van der Waals surface area contributed by atoms with Crippen LogP contribution in [0.1, 0.15) is 26.2 Å². The van der Waals surface area contributed by atoms with Gasteiger partial charge in [0.05, 0.1) is 19.8 Å². The molecule has 0 fully saturated rings. The van der Waals surface area contributed by atoms with Crippen molar-refractivity contribution in [3.05, 3.63) is 0 Å². The molecule has 0 rings (SSSR count). The van der Waals surface area contributed by atoms with Gasteiger partial charge >= 0.3 is 6.16 Å². The maximum atomic E-state index is 10.7. The van der Waals surface area contributed by atoms with Crippen LogP contribution in [0.4, 0.5) is 4.79 Å². The van der Waals surface area contributed by atoms with Gasteiger partial charge < -0.3 is 19.9 Å². The van der Waals surface area contributed by atoms with E-state index in [2.05, 4.69) is 10.1 Å². The molecule has 0 atom stereocenters. The van der Waals surface area contributed by atoms with Gasteiger partial charge in [0, 0.05) is 6.54 Å². The van der Waals surface area contributed by atoms with E-state index in [-0.39, 0.29) is 6.61 Å². The molecular formula is C10H21NO4. The number of carbonyl (C=O) groups is 1. The molecule has 0 aliphatic heterocycles. The van der Waals surface area contributed by atoms with Crippen molar-refractivity contribution >= 4 is 6.16 Å². The minimum absolute atomic E-state index is 0.173. The van der Waals surface area contributed by atoms with Crippen LogP contribution in [0.3, 0.4) is 0 Å². The predicted octanol–water partition coefficient (Wildman–Crippen LogP) is 0.912. The zero-order chi connectivity index (χ0) is 11.4. The van der Waals surface area contributed by atoms with Crippen LogP contribution >= 0.6 is 0 Å². The fraction of sp³-hybridized carbons (Fsp3) is 0.900. The molecule has 0 aliphatic carbocycles. The van der Waals surface area contributed by atoms with Gasteiger partial charge in [-0.25, -0.2) is 4.79 Å². The summed E-state index contributed by atoms with van der Waals surface area (Å²) in [6.07, 6.45) is 2.28. The fourth-order valence-electron chi connectivity index (χ4n) is 1.05. The molecule has 2 N–H and O–H groups in total. The highest BCUT2D eigenvalue weighted by Gasteiger charge is 2.00. The Morgan fingerprint density at radius 3 is 2.67 bits per heavy atom. The average Bonchev–Trinajstić information content (AvgIpc) is 2.22. The van der Waals surface area contributed by atoms with Crippen LogP contribution in [0.25, 0.3) is 0 Å². The molecule has 0 amide bonds. The van der Waals surface area contributed by atoms with Gasteiger partial charge in [-0.05, 0) is 32.7 Å². The molecule has 0 aromatic heterocycles. The Kier molecular flexibility index (Phi) is 10.7. The highest BCUT2D eigenvalue weighted by molar-refractivity contribution is 5.59. The molecule has 0 heterocycles. The van der Waals surface area contributed by atoms with Crippen LogP contribution in [-0.2, 0) is 9.47 Å². The second-order valence-electron chi connectivity index (χ2n) is 3.07. The van der Waals surface area contributed by atoms with E-state index in [0.717, 1.165) is 25.8 Å². The Bertz CT molecular complexity index is 152. The summed E-state index contributed by atoms with van der Waals surface area (Å²) in [5.41, 5.74) is 0. The first kappa shape index (κ1) is 14.2. The van der Waals surface area contributed by atoms with E-state index in [4.69, 9.17) is 9.84 Å². The normalized spacial score (nSPS) is 10.0. The second kappa shape index (κ2) is 11.3. The van der Waals surface area contributed by atoms with Crippen molar-refractivity contribution < 1.29 is 19.4 Å². The number of hydrogen-bond acceptors (Lipinski definition) is 5. The van der Waals surface area contributed by atoms with Crippen LogP contribution in [-0.4, -0.2) is 44.2 Å². The number of unbranched alkanes of at least 4 members (excludes halogenated alkanes) is 2. The molecule has 0 saturated carbocycles. The molecule has 0 spiro atoms. The van der Waals surface area contributed by atoms with Gasteiger partial charge in [0.2, 0.25) is 0 Å². The maximum absolute atomic E-state index is 10.7. The van der Waals surface area contributed by atoms with Crippen molar-refractivity contribution in [2.24, 2.45) is 0 Å². The summed E-state index contributed by atoms with van der Waals surface area (Å²) >= 11 is 0. The monoisotopic (exact) mass is 219 g/mol. The molecule has 0 radical (unpaired) electrons. The van der Waals surface area contributed by atoms with Gasteiger partial charge in [0.25, 0.3) is 0 Å². The first-order valence-electron chi connectivity index (χ1n) is 5.42. The zero-order valence-corrected chi connectivity index (χ0v) is 9.33. The van der Waals surface area contributed by atoms with Gasteiger partial charge in [-0.1, -0.05) is 0 Å². The van der Waals surface area contributed by atoms with Gasteiger partial charge in [0.15, 0.2) is 0 Å². The molecule has 0 aliphatic rings. The van der Waals surface area contributed by atoms with Crippen molar-refractivity contribution in [3.8, 4) is 0 Å². The van der Waals surface area contributed by atoms with Crippen LogP contribution < -0.4 is 5.32 Å². The third-order valence-corrected chi connectivity index (χ3v) is 1.77. The quantitative estimate of drug-likeness (QED) is 0.445. The zero-order valence-electron chi connectivity index (χ0n) is 9.33. The van der Waals surface area contributed by atoms with Crippen molar-refractivity contribution in [1.82, 2.24) is 5.32 Å². The summed E-state index contributed by atoms with van der Waals surface area (Å²) in [5.74, 6) is 0. The first-order chi connectivity index (χ1) is 7.31. The fourth-order valence-corrected chi connectivity index (χ4v) is 1.05. The predicted molar refractivity (Wildman–Crippen MR) is 56.8 cm³/mol. The summed E-state index contributed by atoms with van der Waals surface area (Å²) < 4.78 is 9.39. The number of carbonyl (C=O) groups excluding carboxylic acids is 1. The molecular weight excluding hydrogens is 198 g/mol. The summed E-state index contributed by atoms with van der Waals surface area (Å²) in [5, 5.41) is 11.6. The Morgan fingerprint density at radius 1 is 1.20 bits per heavy atom. The van der Waals surface area contributed by atoms with E-state index < -0.39 is 6.16 Å². The highest BCUT2D eigenvalue weighted by atomic mass is 16.7. The molecule has 0 aromatic rings. The number of hydrogen-bond donors (Lipinski definition) is 2. The number of aliphatic hydroxyl groups excluding tert-OH is 1. The minimum atomic E-state index is -0.587. The topological polar surface area (TPSA) is 67.8 Å². The lowest BCUT2D eigenvalue weighted by Crippen LogP contribution is -2.19. The van der Waals surface area contributed by atoms with Crippen molar-refractivity contribution in [2.75, 3.05) is 32.9 Å². The molecule has 90 valence electrons. The molecule has 0 bridgehead atoms. The van der Waals surface area contributed by atoms with Crippen molar-refractivity contribution in [2.45, 2.75) is 26.2 Å². The van der Waals surface area contributed by atoms with E-state index >= 15 is 0 Å². The number of ether oxygens (including phenoxy) is 2. The molecule has 0 unspecified atom stereocenters. The second-order valence-corrected chi connectivity index (χ2v) is 3.07. The smallest absolute Gasteiger partial charge is 0.435 e. The molecule has 5 nitrogen and oxygen atoms in total. The summed E-state index contributed by atoms with van der Waals surface area (Å²) in [4.78, 5) is 10.7.